The summed E-state index contributed by atoms with van der Waals surface area (Å²) in [6.07, 6.45) is -0.608. The minimum absolute atomic E-state index is 0.0249. The fourth-order valence-corrected chi connectivity index (χ4v) is 3.31. The van der Waals surface area contributed by atoms with Gasteiger partial charge >= 0.3 is 12.3 Å². The molecule has 3 heterocycles. The molecule has 4 rings (SSSR count). The molecule has 0 unspecified atom stereocenters. The largest absolute Gasteiger partial charge is 0.439 e. The molecule has 0 aliphatic carbocycles. The summed E-state index contributed by atoms with van der Waals surface area (Å²) in [6.45, 7) is 3.36. The maximum absolute atomic E-state index is 12.6. The van der Waals surface area contributed by atoms with E-state index < -0.39 is 17.8 Å². The van der Waals surface area contributed by atoms with Gasteiger partial charge in [-0.3, -0.25) is 9.88 Å². The Morgan fingerprint density at radius 1 is 0.939 bits per heavy atom. The van der Waals surface area contributed by atoms with E-state index >= 15 is 0 Å². The van der Waals surface area contributed by atoms with E-state index in [1.807, 2.05) is 18.3 Å². The van der Waals surface area contributed by atoms with Crippen LogP contribution in [0.4, 0.5) is 18.0 Å². The molecule has 0 saturated carbocycles. The van der Waals surface area contributed by atoms with Gasteiger partial charge in [-0.05, 0) is 42.0 Å². The first-order valence-corrected chi connectivity index (χ1v) is 10.3. The van der Waals surface area contributed by atoms with Crippen LogP contribution < -0.4 is 9.47 Å². The lowest BCUT2D eigenvalue weighted by Crippen LogP contribution is -2.49. The fraction of sp³-hybridized carbons (Fsp3) is 0.261. The lowest BCUT2D eigenvalue weighted by Gasteiger charge is -2.33. The molecule has 1 aromatic carbocycles. The first kappa shape index (κ1) is 22.5. The molecule has 0 N–H and O–H groups in total. The average molecular weight is 458 g/mol. The topological polar surface area (TPSA) is 67.8 Å². The van der Waals surface area contributed by atoms with Crippen molar-refractivity contribution in [2.75, 3.05) is 26.2 Å². The zero-order valence-corrected chi connectivity index (χ0v) is 17.5. The molecule has 0 atom stereocenters. The van der Waals surface area contributed by atoms with Crippen LogP contribution in [0.2, 0.25) is 0 Å². The van der Waals surface area contributed by atoms with Crippen molar-refractivity contribution in [2.24, 2.45) is 0 Å². The molecule has 1 saturated heterocycles. The molecule has 10 heteroatoms. The summed E-state index contributed by atoms with van der Waals surface area (Å²) in [5.41, 5.74) is 0.275. The minimum Gasteiger partial charge on any atom is -0.439 e. The Bertz CT molecular complexity index is 1050. The Morgan fingerprint density at radius 2 is 1.67 bits per heavy atom. The number of hydrogen-bond acceptors (Lipinski definition) is 6. The van der Waals surface area contributed by atoms with Crippen molar-refractivity contribution in [3.8, 4) is 17.4 Å². The van der Waals surface area contributed by atoms with Gasteiger partial charge in [0, 0.05) is 57.4 Å². The van der Waals surface area contributed by atoms with E-state index in [-0.39, 0.29) is 5.88 Å². The second-order valence-corrected chi connectivity index (χ2v) is 7.45. The van der Waals surface area contributed by atoms with E-state index in [0.29, 0.717) is 30.8 Å². The molecule has 1 amide bonds. The summed E-state index contributed by atoms with van der Waals surface area (Å²) in [6, 6.07) is 12.2. The smallest absolute Gasteiger partial charge is 0.417 e. The SMILES string of the molecule is O=C(Oc1ccc(Oc2ccc(C(F)(F)F)cn2)cc1)N1CCN(Cc2cccnc2)CC1. The number of pyridine rings is 2. The van der Waals surface area contributed by atoms with Gasteiger partial charge in [0.25, 0.3) is 0 Å². The van der Waals surface area contributed by atoms with Crippen LogP contribution in [0.15, 0.2) is 67.1 Å². The Labute approximate surface area is 188 Å². The third kappa shape index (κ3) is 6.19. The highest BCUT2D eigenvalue weighted by molar-refractivity contribution is 5.70. The molecule has 1 fully saturated rings. The van der Waals surface area contributed by atoms with E-state index in [1.54, 1.807) is 35.4 Å². The van der Waals surface area contributed by atoms with Gasteiger partial charge in [-0.25, -0.2) is 9.78 Å². The van der Waals surface area contributed by atoms with Crippen molar-refractivity contribution < 1.29 is 27.4 Å². The number of halogens is 3. The van der Waals surface area contributed by atoms with Gasteiger partial charge in [0.1, 0.15) is 11.5 Å². The lowest BCUT2D eigenvalue weighted by atomic mass is 10.2. The normalized spacial score (nSPS) is 14.7. The molecule has 33 heavy (non-hydrogen) atoms. The molecule has 2 aromatic heterocycles. The molecule has 1 aliphatic heterocycles. The van der Waals surface area contributed by atoms with E-state index in [9.17, 15) is 18.0 Å². The van der Waals surface area contributed by atoms with Gasteiger partial charge < -0.3 is 14.4 Å². The maximum atomic E-state index is 12.6. The van der Waals surface area contributed by atoms with Gasteiger partial charge in [-0.2, -0.15) is 13.2 Å². The number of rotatable bonds is 5. The first-order valence-electron chi connectivity index (χ1n) is 10.3. The summed E-state index contributed by atoms with van der Waals surface area (Å²) in [4.78, 5) is 24.1. The highest BCUT2D eigenvalue weighted by Crippen LogP contribution is 2.30. The number of alkyl halides is 3. The van der Waals surface area contributed by atoms with Crippen LogP contribution in [-0.2, 0) is 12.7 Å². The van der Waals surface area contributed by atoms with Crippen molar-refractivity contribution in [3.63, 3.8) is 0 Å². The Hall–Kier alpha value is -3.66. The molecular weight excluding hydrogens is 437 g/mol. The number of aromatic nitrogens is 2. The molecular formula is C23H21F3N4O3. The second kappa shape index (κ2) is 9.86. The zero-order chi connectivity index (χ0) is 23.3. The van der Waals surface area contributed by atoms with Crippen LogP contribution in [0.25, 0.3) is 0 Å². The number of carbonyl (C=O) groups excluding carboxylic acids is 1. The van der Waals surface area contributed by atoms with Crippen molar-refractivity contribution in [1.82, 2.24) is 19.8 Å². The zero-order valence-electron chi connectivity index (χ0n) is 17.5. The summed E-state index contributed by atoms with van der Waals surface area (Å²) >= 11 is 0. The van der Waals surface area contributed by atoms with Gasteiger partial charge in [0.05, 0.1) is 5.56 Å². The molecule has 0 spiro atoms. The number of carbonyl (C=O) groups is 1. The van der Waals surface area contributed by atoms with Crippen LogP contribution in [-0.4, -0.2) is 52.0 Å². The van der Waals surface area contributed by atoms with Gasteiger partial charge in [0.2, 0.25) is 5.88 Å². The summed E-state index contributed by atoms with van der Waals surface area (Å²) in [7, 11) is 0. The molecule has 172 valence electrons. The van der Waals surface area contributed by atoms with Crippen LogP contribution in [0, 0.1) is 0 Å². The van der Waals surface area contributed by atoms with Crippen LogP contribution in [0.3, 0.4) is 0 Å². The van der Waals surface area contributed by atoms with Gasteiger partial charge in [-0.1, -0.05) is 6.07 Å². The first-order chi connectivity index (χ1) is 15.9. The molecule has 0 bridgehead atoms. The minimum atomic E-state index is -4.46. The maximum Gasteiger partial charge on any atom is 0.417 e. The van der Waals surface area contributed by atoms with E-state index in [2.05, 4.69) is 14.9 Å². The third-order valence-corrected chi connectivity index (χ3v) is 5.07. The molecule has 3 aromatic rings. The highest BCUT2D eigenvalue weighted by Gasteiger charge is 2.30. The average Bonchev–Trinajstić information content (AvgIpc) is 2.81. The predicted octanol–water partition coefficient (Wildman–Crippen LogP) is 4.60. The molecule has 0 radical (unpaired) electrons. The number of amides is 1. The van der Waals surface area contributed by atoms with E-state index in [1.165, 1.54) is 0 Å². The Morgan fingerprint density at radius 3 is 2.27 bits per heavy atom. The summed E-state index contributed by atoms with van der Waals surface area (Å²) in [5, 5.41) is 0. The van der Waals surface area contributed by atoms with Gasteiger partial charge in [0.15, 0.2) is 0 Å². The second-order valence-electron chi connectivity index (χ2n) is 7.45. The van der Waals surface area contributed by atoms with E-state index in [4.69, 9.17) is 9.47 Å². The van der Waals surface area contributed by atoms with Crippen molar-refractivity contribution in [3.05, 3.63) is 78.2 Å². The van der Waals surface area contributed by atoms with Crippen molar-refractivity contribution in [2.45, 2.75) is 12.7 Å². The number of nitrogens with zero attached hydrogens (tertiary/aromatic N) is 4. The molecule has 7 nitrogen and oxygen atoms in total. The van der Waals surface area contributed by atoms with Crippen LogP contribution in [0.1, 0.15) is 11.1 Å². The van der Waals surface area contributed by atoms with E-state index in [0.717, 1.165) is 37.3 Å². The number of hydrogen-bond donors (Lipinski definition) is 0. The Kier molecular flexibility index (Phi) is 6.74. The Balaban J connectivity index is 1.25. The fourth-order valence-electron chi connectivity index (χ4n) is 3.31. The van der Waals surface area contributed by atoms with Crippen LogP contribution >= 0.6 is 0 Å². The van der Waals surface area contributed by atoms with Crippen molar-refractivity contribution in [1.29, 1.82) is 0 Å². The summed E-state index contributed by atoms with van der Waals surface area (Å²) < 4.78 is 48.7. The van der Waals surface area contributed by atoms with Gasteiger partial charge in [-0.15, -0.1) is 0 Å². The third-order valence-electron chi connectivity index (χ3n) is 5.07. The predicted molar refractivity (Wildman–Crippen MR) is 113 cm³/mol. The number of ether oxygens (including phenoxy) is 2. The highest BCUT2D eigenvalue weighted by atomic mass is 19.4. The number of benzene rings is 1. The number of piperazine rings is 1. The molecule has 1 aliphatic rings. The lowest BCUT2D eigenvalue weighted by molar-refractivity contribution is -0.137. The quantitative estimate of drug-likeness (QED) is 0.557. The monoisotopic (exact) mass is 458 g/mol. The van der Waals surface area contributed by atoms with Crippen LogP contribution in [0.5, 0.6) is 17.4 Å². The standard InChI is InChI=1S/C23H21F3N4O3/c24-23(25,26)18-3-8-21(28-15-18)32-19-4-6-20(7-5-19)33-22(31)30-12-10-29(11-13-30)16-17-2-1-9-27-14-17/h1-9,14-15H,10-13,16H2. The summed E-state index contributed by atoms with van der Waals surface area (Å²) in [5.74, 6) is 0.716. The van der Waals surface area contributed by atoms with Crippen molar-refractivity contribution >= 4 is 6.09 Å².